The summed E-state index contributed by atoms with van der Waals surface area (Å²) in [6, 6.07) is 3.01. The van der Waals surface area contributed by atoms with Crippen molar-refractivity contribution >= 4 is 45.9 Å². The smallest absolute Gasteiger partial charge is 0.314 e. The van der Waals surface area contributed by atoms with E-state index in [1.807, 2.05) is 6.07 Å². The lowest BCUT2D eigenvalue weighted by Crippen LogP contribution is -2.38. The van der Waals surface area contributed by atoms with Gasteiger partial charge in [-0.25, -0.2) is 15.0 Å². The van der Waals surface area contributed by atoms with Crippen LogP contribution in [0.4, 0.5) is 5.82 Å². The molecule has 0 unspecified atom stereocenters. The number of nitrogens with one attached hydrogen (secondary N) is 1. The normalized spacial score (nSPS) is 28.7. The van der Waals surface area contributed by atoms with E-state index in [0.29, 0.717) is 27.7 Å². The Balaban J connectivity index is 1.58. The Morgan fingerprint density at radius 2 is 2.19 bits per heavy atom. The summed E-state index contributed by atoms with van der Waals surface area (Å²) in [6.07, 6.45) is -0.410. The molecule has 0 radical (unpaired) electrons. The molecule has 0 amide bonds. The maximum Gasteiger partial charge on any atom is 0.314 e. The Bertz CT molecular complexity index is 1260. The lowest BCUT2D eigenvalue weighted by atomic mass is 9.99. The highest BCUT2D eigenvalue weighted by molar-refractivity contribution is 7.16. The number of rotatable bonds is 3. The monoisotopic (exact) mass is 459 g/mol. The Labute approximate surface area is 186 Å². The van der Waals surface area contributed by atoms with E-state index >= 15 is 0 Å². The fourth-order valence-corrected chi connectivity index (χ4v) is 5.46. The molecular formula is C20H18ClN5O4S. The van der Waals surface area contributed by atoms with Gasteiger partial charge in [0.2, 0.25) is 5.82 Å². The third-order valence-electron chi connectivity index (χ3n) is 6.09. The molecule has 3 aromatic rings. The molecule has 0 aliphatic heterocycles. The molecule has 3 N–H and O–H groups in total. The first-order chi connectivity index (χ1) is 14.9. The highest BCUT2D eigenvalue weighted by Gasteiger charge is 2.76. The Hall–Kier alpha value is -2.71. The molecule has 9 nitrogen and oxygen atoms in total. The van der Waals surface area contributed by atoms with Crippen LogP contribution >= 0.6 is 22.9 Å². The predicted octanol–water partition coefficient (Wildman–Crippen LogP) is 1.44. The number of anilines is 1. The second-order valence-electron chi connectivity index (χ2n) is 7.59. The van der Waals surface area contributed by atoms with E-state index in [9.17, 15) is 15.0 Å². The molecule has 2 fully saturated rings. The number of methoxy groups -OCH3 is 1. The number of nitrogens with zero attached hydrogens (tertiary/aromatic N) is 4. The number of carbonyl (C=O) groups is 1. The van der Waals surface area contributed by atoms with Crippen LogP contribution < -0.4 is 5.32 Å². The molecule has 2 saturated carbocycles. The van der Waals surface area contributed by atoms with Crippen molar-refractivity contribution in [2.45, 2.75) is 24.7 Å². The second-order valence-corrected chi connectivity index (χ2v) is 9.31. The summed E-state index contributed by atoms with van der Waals surface area (Å²) in [5.41, 5.74) is -0.128. The summed E-state index contributed by atoms with van der Waals surface area (Å²) in [7, 11) is 3.00. The summed E-state index contributed by atoms with van der Waals surface area (Å²) >= 11 is 7.31. The maximum atomic E-state index is 12.3. The number of hydrogen-bond donors (Lipinski definition) is 3. The van der Waals surface area contributed by atoms with Gasteiger partial charge in [-0.2, -0.15) is 0 Å². The van der Waals surface area contributed by atoms with Gasteiger partial charge in [-0.1, -0.05) is 11.6 Å². The van der Waals surface area contributed by atoms with E-state index in [2.05, 4.69) is 32.1 Å². The van der Waals surface area contributed by atoms with Crippen LogP contribution in [0.15, 0.2) is 18.5 Å². The maximum absolute atomic E-state index is 12.3. The minimum absolute atomic E-state index is 0.270. The molecule has 3 heterocycles. The van der Waals surface area contributed by atoms with Crippen LogP contribution in [0.5, 0.6) is 0 Å². The van der Waals surface area contributed by atoms with Gasteiger partial charge in [-0.15, -0.1) is 11.3 Å². The van der Waals surface area contributed by atoms with Crippen LogP contribution in [0.25, 0.3) is 11.2 Å². The van der Waals surface area contributed by atoms with Gasteiger partial charge >= 0.3 is 5.97 Å². The molecule has 5 rings (SSSR count). The van der Waals surface area contributed by atoms with Gasteiger partial charge < -0.3 is 24.8 Å². The number of hydrogen-bond acceptors (Lipinski definition) is 9. The van der Waals surface area contributed by atoms with Crippen LogP contribution in [-0.2, 0) is 9.53 Å². The first kappa shape index (κ1) is 20.2. The number of fused-ring (bicyclic) bond motifs is 2. The minimum atomic E-state index is -1.22. The lowest BCUT2D eigenvalue weighted by Gasteiger charge is -2.23. The Morgan fingerprint density at radius 1 is 1.39 bits per heavy atom. The number of aromatic nitrogens is 4. The fraction of sp³-hybridized carbons (Fsp3) is 0.400. The zero-order valence-electron chi connectivity index (χ0n) is 16.5. The third-order valence-corrected chi connectivity index (χ3v) is 7.23. The standard InChI is InChI=1S/C20H18ClN5O4S/c1-22-17-13-18(25-12(24-17)6-4-9-3-5-11(21)31-9)26(8-23-13)14-10-7-20(10,19(29)30-2)16(28)15(14)27/h3,5,8,10,14-16,27-28H,7H2,1-2H3,(H,22,24,25)/t10-,14-,15+,16+,20-/m1/s1. The predicted molar refractivity (Wildman–Crippen MR) is 114 cm³/mol. The molecule has 0 saturated heterocycles. The molecular weight excluding hydrogens is 442 g/mol. The largest absolute Gasteiger partial charge is 0.469 e. The zero-order valence-corrected chi connectivity index (χ0v) is 18.1. The van der Waals surface area contributed by atoms with E-state index < -0.39 is 29.6 Å². The number of carbonyl (C=O) groups excluding carboxylic acids is 1. The van der Waals surface area contributed by atoms with Crippen LogP contribution in [0.1, 0.15) is 23.2 Å². The number of halogens is 1. The summed E-state index contributed by atoms with van der Waals surface area (Å²) in [5.74, 6) is 5.89. The van der Waals surface area contributed by atoms with E-state index in [1.54, 1.807) is 24.0 Å². The second kappa shape index (κ2) is 7.17. The topological polar surface area (TPSA) is 122 Å². The zero-order chi connectivity index (χ0) is 21.9. The average molecular weight is 460 g/mol. The van der Waals surface area contributed by atoms with Crippen LogP contribution in [-0.4, -0.2) is 62.1 Å². The van der Waals surface area contributed by atoms with E-state index in [4.69, 9.17) is 16.3 Å². The van der Waals surface area contributed by atoms with Gasteiger partial charge in [-0.3, -0.25) is 4.79 Å². The molecule has 160 valence electrons. The van der Waals surface area contributed by atoms with Gasteiger partial charge in [0.1, 0.15) is 11.5 Å². The number of thiophene rings is 1. The highest BCUT2D eigenvalue weighted by Crippen LogP contribution is 2.68. The highest BCUT2D eigenvalue weighted by atomic mass is 35.5. The first-order valence-corrected chi connectivity index (χ1v) is 10.7. The molecule has 5 atom stereocenters. The van der Waals surface area contributed by atoms with E-state index in [0.717, 1.165) is 4.88 Å². The number of esters is 1. The number of imidazole rings is 1. The minimum Gasteiger partial charge on any atom is -0.469 e. The quantitative estimate of drug-likeness (QED) is 0.397. The van der Waals surface area contributed by atoms with Crippen molar-refractivity contribution in [3.63, 3.8) is 0 Å². The summed E-state index contributed by atoms with van der Waals surface area (Å²) < 4.78 is 7.22. The Kier molecular flexibility index (Phi) is 4.67. The van der Waals surface area contributed by atoms with E-state index in [1.165, 1.54) is 18.4 Å². The van der Waals surface area contributed by atoms with Gasteiger partial charge in [-0.05, 0) is 30.4 Å². The van der Waals surface area contributed by atoms with Gasteiger partial charge in [0.05, 0.1) is 34.8 Å². The molecule has 31 heavy (non-hydrogen) atoms. The number of aliphatic hydroxyl groups is 2. The van der Waals surface area contributed by atoms with Crippen molar-refractivity contribution in [3.05, 3.63) is 33.5 Å². The van der Waals surface area contributed by atoms with Gasteiger partial charge in [0.15, 0.2) is 17.0 Å². The number of aliphatic hydroxyl groups excluding tert-OH is 2. The van der Waals surface area contributed by atoms with Gasteiger partial charge in [0, 0.05) is 13.0 Å². The molecule has 11 heteroatoms. The van der Waals surface area contributed by atoms with Crippen molar-refractivity contribution < 1.29 is 19.7 Å². The summed E-state index contributed by atoms with van der Waals surface area (Å²) in [6.45, 7) is 0. The third kappa shape index (κ3) is 2.92. The number of ether oxygens (including phenoxy) is 1. The summed E-state index contributed by atoms with van der Waals surface area (Å²) in [4.78, 5) is 26.5. The molecule has 2 aliphatic rings. The van der Waals surface area contributed by atoms with Gasteiger partial charge in [0.25, 0.3) is 0 Å². The van der Waals surface area contributed by atoms with Crippen molar-refractivity contribution in [1.29, 1.82) is 0 Å². The molecule has 0 spiro atoms. The van der Waals surface area contributed by atoms with Crippen molar-refractivity contribution in [1.82, 2.24) is 19.5 Å². The van der Waals surface area contributed by atoms with Crippen LogP contribution in [0.3, 0.4) is 0 Å². The lowest BCUT2D eigenvalue weighted by molar-refractivity contribution is -0.153. The average Bonchev–Trinajstić information content (AvgIpc) is 3.02. The van der Waals surface area contributed by atoms with E-state index in [-0.39, 0.29) is 11.7 Å². The molecule has 0 bridgehead atoms. The van der Waals surface area contributed by atoms with Crippen molar-refractivity contribution in [2.75, 3.05) is 19.5 Å². The molecule has 0 aromatic carbocycles. The van der Waals surface area contributed by atoms with Crippen LogP contribution in [0, 0.1) is 23.2 Å². The van der Waals surface area contributed by atoms with Crippen LogP contribution in [0.2, 0.25) is 4.34 Å². The van der Waals surface area contributed by atoms with Crippen molar-refractivity contribution in [3.8, 4) is 11.8 Å². The first-order valence-electron chi connectivity index (χ1n) is 9.55. The molecule has 3 aromatic heterocycles. The SMILES string of the molecule is CNc1nc(C#Cc2ccc(Cl)s2)nc2c1ncn2[C@H]1[C@H](O)[C@H](O)[C@@]2(C(=O)OC)C[C@H]12. The fourth-order valence-electron chi connectivity index (χ4n) is 4.57. The Morgan fingerprint density at radius 3 is 2.87 bits per heavy atom. The molecule has 2 aliphatic carbocycles. The van der Waals surface area contributed by atoms with Crippen molar-refractivity contribution in [2.24, 2.45) is 11.3 Å². The summed E-state index contributed by atoms with van der Waals surface area (Å²) in [5, 5.41) is 24.3.